The molecule has 4 rings (SSSR count). The second-order valence-corrected chi connectivity index (χ2v) is 6.92. The molecule has 3 aromatic heterocycles. The average Bonchev–Trinajstić information content (AvgIpc) is 3.39. The van der Waals surface area contributed by atoms with Crippen LogP contribution in [0.4, 0.5) is 0 Å². The lowest BCUT2D eigenvalue weighted by molar-refractivity contribution is -0.121. The molecule has 0 saturated heterocycles. The number of nitrogens with one attached hydrogen (secondary N) is 1. The van der Waals surface area contributed by atoms with E-state index in [1.54, 1.807) is 15.5 Å². The summed E-state index contributed by atoms with van der Waals surface area (Å²) in [5, 5.41) is 11.3. The molecule has 0 aliphatic heterocycles. The van der Waals surface area contributed by atoms with E-state index >= 15 is 0 Å². The van der Waals surface area contributed by atoms with E-state index in [-0.39, 0.29) is 5.91 Å². The molecule has 0 aliphatic rings. The molecular formula is C20H22N8O. The molecule has 148 valence electrons. The van der Waals surface area contributed by atoms with Crippen LogP contribution in [0.25, 0.3) is 5.78 Å². The molecule has 3 heterocycles. The zero-order valence-corrected chi connectivity index (χ0v) is 16.4. The first-order chi connectivity index (χ1) is 14.1. The summed E-state index contributed by atoms with van der Waals surface area (Å²) in [4.78, 5) is 24.8. The molecule has 0 unspecified atom stereocenters. The van der Waals surface area contributed by atoms with Gasteiger partial charge in [-0.3, -0.25) is 4.79 Å². The van der Waals surface area contributed by atoms with E-state index in [4.69, 9.17) is 0 Å². The maximum absolute atomic E-state index is 12.3. The van der Waals surface area contributed by atoms with Crippen LogP contribution in [0, 0.1) is 13.8 Å². The number of carbonyl (C=O) groups is 1. The van der Waals surface area contributed by atoms with Gasteiger partial charge in [-0.2, -0.15) is 15.2 Å². The van der Waals surface area contributed by atoms with Crippen LogP contribution in [-0.4, -0.2) is 40.3 Å². The molecule has 0 radical (unpaired) electrons. The molecule has 0 spiro atoms. The number of aromatic nitrogens is 7. The lowest BCUT2D eigenvalue weighted by atomic mass is 10.1. The highest BCUT2D eigenvalue weighted by Crippen LogP contribution is 2.15. The topological polar surface area (TPSA) is 103 Å². The van der Waals surface area contributed by atoms with Gasteiger partial charge < -0.3 is 5.32 Å². The van der Waals surface area contributed by atoms with E-state index in [1.165, 1.54) is 12.7 Å². The minimum Gasteiger partial charge on any atom is -0.352 e. The van der Waals surface area contributed by atoms with Crippen molar-refractivity contribution in [2.24, 2.45) is 0 Å². The third-order valence-electron chi connectivity index (χ3n) is 4.91. The highest BCUT2D eigenvalue weighted by molar-refractivity contribution is 5.76. The molecule has 1 aromatic carbocycles. The number of hydrogen-bond acceptors (Lipinski definition) is 6. The zero-order chi connectivity index (χ0) is 20.2. The molecule has 4 aromatic rings. The number of benzene rings is 1. The van der Waals surface area contributed by atoms with Crippen LogP contribution in [0.2, 0.25) is 0 Å². The molecule has 0 fully saturated rings. The molecule has 9 nitrogen and oxygen atoms in total. The van der Waals surface area contributed by atoms with Gasteiger partial charge in [-0.15, -0.1) is 0 Å². The highest BCUT2D eigenvalue weighted by atomic mass is 16.1. The molecule has 1 N–H and O–H groups in total. The van der Waals surface area contributed by atoms with E-state index < -0.39 is 0 Å². The first-order valence-corrected chi connectivity index (χ1v) is 9.43. The summed E-state index contributed by atoms with van der Waals surface area (Å²) < 4.78 is 3.48. The minimum atomic E-state index is 0.00850. The molecule has 1 amide bonds. The monoisotopic (exact) mass is 390 g/mol. The first-order valence-electron chi connectivity index (χ1n) is 9.43. The van der Waals surface area contributed by atoms with Crippen LogP contribution >= 0.6 is 0 Å². The summed E-state index contributed by atoms with van der Waals surface area (Å²) in [6.07, 6.45) is 5.71. The molecular weight excluding hydrogens is 368 g/mol. The van der Waals surface area contributed by atoms with Crippen LogP contribution in [0.3, 0.4) is 0 Å². The number of rotatable bonds is 7. The summed E-state index contributed by atoms with van der Waals surface area (Å²) in [6, 6.07) is 8.11. The van der Waals surface area contributed by atoms with Gasteiger partial charge in [-0.05, 0) is 37.0 Å². The zero-order valence-electron chi connectivity index (χ0n) is 16.4. The number of fused-ring (bicyclic) bond motifs is 1. The van der Waals surface area contributed by atoms with Gasteiger partial charge in [0.1, 0.15) is 19.0 Å². The largest absolute Gasteiger partial charge is 0.352 e. The molecule has 0 bridgehead atoms. The van der Waals surface area contributed by atoms with Gasteiger partial charge in [0, 0.05) is 24.4 Å². The van der Waals surface area contributed by atoms with E-state index in [9.17, 15) is 4.79 Å². The van der Waals surface area contributed by atoms with Crippen LogP contribution < -0.4 is 5.32 Å². The van der Waals surface area contributed by atoms with Gasteiger partial charge in [-0.1, -0.05) is 24.3 Å². The van der Waals surface area contributed by atoms with Crippen LogP contribution in [0.1, 0.15) is 34.5 Å². The fraction of sp³-hybridized carbons (Fsp3) is 0.300. The Balaban J connectivity index is 1.30. The maximum Gasteiger partial charge on any atom is 0.252 e. The lowest BCUT2D eigenvalue weighted by Crippen LogP contribution is -2.23. The first kappa shape index (κ1) is 18.7. The summed E-state index contributed by atoms with van der Waals surface area (Å²) >= 11 is 0. The van der Waals surface area contributed by atoms with Gasteiger partial charge in [0.15, 0.2) is 0 Å². The van der Waals surface area contributed by atoms with Crippen LogP contribution in [-0.2, 0) is 24.3 Å². The van der Waals surface area contributed by atoms with Crippen molar-refractivity contribution in [1.82, 2.24) is 39.7 Å². The van der Waals surface area contributed by atoms with E-state index in [2.05, 4.69) is 30.5 Å². The number of amides is 1. The molecule has 29 heavy (non-hydrogen) atoms. The number of carbonyl (C=O) groups excluding carboxylic acids is 1. The fourth-order valence-corrected chi connectivity index (χ4v) is 3.31. The third kappa shape index (κ3) is 4.29. The van der Waals surface area contributed by atoms with Crippen molar-refractivity contribution >= 4 is 11.7 Å². The van der Waals surface area contributed by atoms with Crippen molar-refractivity contribution in [3.05, 3.63) is 71.3 Å². The van der Waals surface area contributed by atoms with Gasteiger partial charge in [-0.25, -0.2) is 19.2 Å². The Labute approximate surface area is 167 Å². The number of nitrogens with zero attached hydrogens (tertiary/aromatic N) is 7. The summed E-state index contributed by atoms with van der Waals surface area (Å²) in [7, 11) is 0. The Bertz CT molecular complexity index is 1120. The Morgan fingerprint density at radius 3 is 2.62 bits per heavy atom. The number of aryl methyl sites for hydroxylation is 2. The molecule has 9 heteroatoms. The van der Waals surface area contributed by atoms with Gasteiger partial charge in [0.2, 0.25) is 5.91 Å². The van der Waals surface area contributed by atoms with Crippen LogP contribution in [0.15, 0.2) is 43.2 Å². The van der Waals surface area contributed by atoms with Gasteiger partial charge in [0.25, 0.3) is 5.78 Å². The Hall–Kier alpha value is -3.62. The second kappa shape index (κ2) is 8.17. The fourth-order valence-electron chi connectivity index (χ4n) is 3.31. The van der Waals surface area contributed by atoms with Crippen molar-refractivity contribution in [2.45, 2.75) is 39.8 Å². The second-order valence-electron chi connectivity index (χ2n) is 6.92. The maximum atomic E-state index is 12.3. The predicted molar refractivity (Wildman–Crippen MR) is 106 cm³/mol. The van der Waals surface area contributed by atoms with E-state index in [0.29, 0.717) is 31.7 Å². The molecule has 0 saturated carbocycles. The van der Waals surface area contributed by atoms with E-state index in [1.807, 2.05) is 38.1 Å². The van der Waals surface area contributed by atoms with Crippen molar-refractivity contribution in [3.63, 3.8) is 0 Å². The summed E-state index contributed by atoms with van der Waals surface area (Å²) in [6.45, 7) is 5.09. The van der Waals surface area contributed by atoms with Crippen molar-refractivity contribution in [2.75, 3.05) is 0 Å². The molecule has 0 atom stereocenters. The van der Waals surface area contributed by atoms with Crippen molar-refractivity contribution in [3.8, 4) is 0 Å². The summed E-state index contributed by atoms with van der Waals surface area (Å²) in [5.41, 5.74) is 5.08. The lowest BCUT2D eigenvalue weighted by Gasteiger charge is -2.11. The van der Waals surface area contributed by atoms with E-state index in [0.717, 1.165) is 28.1 Å². The Morgan fingerprint density at radius 1 is 1.07 bits per heavy atom. The SMILES string of the molecule is Cc1nc2ncnn2c(C)c1CCC(=O)NCc1ccc(Cn2cncn2)cc1. The Kier molecular flexibility index (Phi) is 5.28. The van der Waals surface area contributed by atoms with Crippen molar-refractivity contribution in [1.29, 1.82) is 0 Å². The quantitative estimate of drug-likeness (QED) is 0.514. The molecule has 0 aliphatic carbocycles. The van der Waals surface area contributed by atoms with Gasteiger partial charge >= 0.3 is 0 Å². The normalized spacial score (nSPS) is 11.1. The predicted octanol–water partition coefficient (Wildman–Crippen LogP) is 1.63. The smallest absolute Gasteiger partial charge is 0.252 e. The summed E-state index contributed by atoms with van der Waals surface area (Å²) in [5.74, 6) is 0.592. The van der Waals surface area contributed by atoms with Crippen LogP contribution in [0.5, 0.6) is 0 Å². The van der Waals surface area contributed by atoms with Crippen molar-refractivity contribution < 1.29 is 4.79 Å². The van der Waals surface area contributed by atoms with Gasteiger partial charge in [0.05, 0.1) is 6.54 Å². The highest BCUT2D eigenvalue weighted by Gasteiger charge is 2.12. The minimum absolute atomic E-state index is 0.00850. The number of hydrogen-bond donors (Lipinski definition) is 1. The third-order valence-corrected chi connectivity index (χ3v) is 4.91. The standard InChI is InChI=1S/C20H22N8O/c1-14-18(15(2)28-20(26-14)23-12-25-28)7-8-19(29)22-9-16-3-5-17(6-4-16)10-27-13-21-11-24-27/h3-6,11-13H,7-10H2,1-2H3,(H,22,29). The average molecular weight is 390 g/mol. The Morgan fingerprint density at radius 2 is 1.86 bits per heavy atom.